The van der Waals surface area contributed by atoms with Gasteiger partial charge in [0.25, 0.3) is 0 Å². The summed E-state index contributed by atoms with van der Waals surface area (Å²) in [7, 11) is 4.32. The van der Waals surface area contributed by atoms with E-state index < -0.39 is 0 Å². The Bertz CT molecular complexity index is 193. The summed E-state index contributed by atoms with van der Waals surface area (Å²) in [6.07, 6.45) is 2.59. The largest absolute Gasteiger partial charge is 0.310 e. The molecule has 2 nitrogen and oxygen atoms in total. The van der Waals surface area contributed by atoms with Crippen LogP contribution in [0.3, 0.4) is 0 Å². The molecule has 1 aliphatic heterocycles. The van der Waals surface area contributed by atoms with Gasteiger partial charge >= 0.3 is 0 Å². The van der Waals surface area contributed by atoms with Crippen LogP contribution in [0.4, 0.5) is 0 Å². The molecule has 0 aromatic heterocycles. The predicted octanol–water partition coefficient (Wildman–Crippen LogP) is 2.45. The lowest BCUT2D eigenvalue weighted by Gasteiger charge is -2.34. The zero-order chi connectivity index (χ0) is 12.2. The summed E-state index contributed by atoms with van der Waals surface area (Å²) in [6, 6.07) is 1.38. The van der Waals surface area contributed by atoms with Gasteiger partial charge in [-0.05, 0) is 44.6 Å². The van der Waals surface area contributed by atoms with Gasteiger partial charge in [0, 0.05) is 17.8 Å². The fourth-order valence-electron chi connectivity index (χ4n) is 2.10. The number of nitrogens with one attached hydrogen (secondary N) is 1. The quantitative estimate of drug-likeness (QED) is 0.800. The van der Waals surface area contributed by atoms with Gasteiger partial charge in [-0.25, -0.2) is 0 Å². The average Bonchev–Trinajstić information content (AvgIpc) is 2.62. The van der Waals surface area contributed by atoms with E-state index in [0.717, 1.165) is 6.04 Å². The molecule has 0 aromatic carbocycles. The molecule has 0 aromatic rings. The molecule has 96 valence electrons. The number of hydrogen-bond acceptors (Lipinski definition) is 3. The van der Waals surface area contributed by atoms with Crippen molar-refractivity contribution in [2.24, 2.45) is 5.41 Å². The zero-order valence-corrected chi connectivity index (χ0v) is 12.4. The molecule has 2 unspecified atom stereocenters. The highest BCUT2D eigenvalue weighted by molar-refractivity contribution is 7.99. The van der Waals surface area contributed by atoms with Crippen LogP contribution < -0.4 is 5.32 Å². The topological polar surface area (TPSA) is 15.3 Å². The highest BCUT2D eigenvalue weighted by atomic mass is 32.2. The van der Waals surface area contributed by atoms with E-state index in [2.05, 4.69) is 56.8 Å². The molecule has 16 heavy (non-hydrogen) atoms. The Morgan fingerprint density at radius 2 is 2.06 bits per heavy atom. The molecule has 1 saturated heterocycles. The van der Waals surface area contributed by atoms with E-state index in [1.54, 1.807) is 0 Å². The molecule has 1 rings (SSSR count). The fraction of sp³-hybridized carbons (Fsp3) is 1.00. The standard InChI is InChI=1S/C13H28N2S/c1-13(2,3)12(6-8-15(4)5)14-11-7-9-16-10-11/h11-12,14H,6-10H2,1-5H3. The lowest BCUT2D eigenvalue weighted by Crippen LogP contribution is -2.47. The normalized spacial score (nSPS) is 24.0. The second-order valence-corrected chi connectivity index (χ2v) is 7.39. The van der Waals surface area contributed by atoms with Crippen molar-refractivity contribution in [2.45, 2.75) is 45.7 Å². The first-order chi connectivity index (χ1) is 7.39. The number of thioether (sulfide) groups is 1. The van der Waals surface area contributed by atoms with Crippen molar-refractivity contribution in [3.63, 3.8) is 0 Å². The molecule has 0 saturated carbocycles. The molecular weight excluding hydrogens is 216 g/mol. The molecule has 1 heterocycles. The van der Waals surface area contributed by atoms with Crippen molar-refractivity contribution >= 4 is 11.8 Å². The zero-order valence-electron chi connectivity index (χ0n) is 11.5. The first kappa shape index (κ1) is 14.3. The van der Waals surface area contributed by atoms with Gasteiger partial charge in [0.05, 0.1) is 0 Å². The number of hydrogen-bond donors (Lipinski definition) is 1. The second-order valence-electron chi connectivity index (χ2n) is 6.24. The molecule has 0 amide bonds. The highest BCUT2D eigenvalue weighted by Crippen LogP contribution is 2.25. The van der Waals surface area contributed by atoms with E-state index in [9.17, 15) is 0 Å². The molecule has 0 bridgehead atoms. The summed E-state index contributed by atoms with van der Waals surface area (Å²) in [6.45, 7) is 8.22. The second kappa shape index (κ2) is 6.27. The van der Waals surface area contributed by atoms with Gasteiger partial charge in [0.15, 0.2) is 0 Å². The summed E-state index contributed by atoms with van der Waals surface area (Å²) < 4.78 is 0. The van der Waals surface area contributed by atoms with Crippen LogP contribution in [0, 0.1) is 5.41 Å². The Balaban J connectivity index is 2.43. The molecule has 2 atom stereocenters. The van der Waals surface area contributed by atoms with Crippen LogP contribution in [0.25, 0.3) is 0 Å². The molecule has 3 heteroatoms. The van der Waals surface area contributed by atoms with Crippen molar-refractivity contribution in [1.82, 2.24) is 10.2 Å². The van der Waals surface area contributed by atoms with E-state index >= 15 is 0 Å². The molecule has 1 aliphatic rings. The van der Waals surface area contributed by atoms with Crippen molar-refractivity contribution in [2.75, 3.05) is 32.1 Å². The van der Waals surface area contributed by atoms with Crippen LogP contribution >= 0.6 is 11.8 Å². The first-order valence-electron chi connectivity index (χ1n) is 6.38. The fourth-order valence-corrected chi connectivity index (χ4v) is 3.27. The number of rotatable bonds is 5. The molecule has 0 radical (unpaired) electrons. The molecule has 1 N–H and O–H groups in total. The summed E-state index contributed by atoms with van der Waals surface area (Å²) in [5, 5.41) is 3.86. The van der Waals surface area contributed by atoms with E-state index in [1.165, 1.54) is 30.9 Å². The van der Waals surface area contributed by atoms with Gasteiger partial charge in [0.1, 0.15) is 0 Å². The smallest absolute Gasteiger partial charge is 0.0168 e. The Labute approximate surface area is 106 Å². The average molecular weight is 244 g/mol. The lowest BCUT2D eigenvalue weighted by molar-refractivity contribution is 0.219. The van der Waals surface area contributed by atoms with Crippen molar-refractivity contribution < 1.29 is 0 Å². The third kappa shape index (κ3) is 5.07. The molecule has 0 aliphatic carbocycles. The monoisotopic (exact) mass is 244 g/mol. The van der Waals surface area contributed by atoms with Gasteiger partial charge in [-0.2, -0.15) is 11.8 Å². The van der Waals surface area contributed by atoms with Crippen LogP contribution in [0.5, 0.6) is 0 Å². The van der Waals surface area contributed by atoms with Crippen molar-refractivity contribution in [3.8, 4) is 0 Å². The Kier molecular flexibility index (Phi) is 5.62. The summed E-state index contributed by atoms with van der Waals surface area (Å²) >= 11 is 2.09. The lowest BCUT2D eigenvalue weighted by atomic mass is 9.84. The highest BCUT2D eigenvalue weighted by Gasteiger charge is 2.27. The first-order valence-corrected chi connectivity index (χ1v) is 7.53. The van der Waals surface area contributed by atoms with Crippen LogP contribution in [0.2, 0.25) is 0 Å². The minimum absolute atomic E-state index is 0.364. The van der Waals surface area contributed by atoms with Crippen LogP contribution in [0.1, 0.15) is 33.6 Å². The van der Waals surface area contributed by atoms with Gasteiger partial charge in [-0.15, -0.1) is 0 Å². The van der Waals surface area contributed by atoms with E-state index in [4.69, 9.17) is 0 Å². The minimum Gasteiger partial charge on any atom is -0.310 e. The van der Waals surface area contributed by atoms with Crippen molar-refractivity contribution in [3.05, 3.63) is 0 Å². The van der Waals surface area contributed by atoms with Crippen LogP contribution in [-0.4, -0.2) is 49.1 Å². The maximum atomic E-state index is 3.86. The number of nitrogens with zero attached hydrogens (tertiary/aromatic N) is 1. The van der Waals surface area contributed by atoms with E-state index in [0.29, 0.717) is 11.5 Å². The third-order valence-electron chi connectivity index (χ3n) is 3.28. The molecule has 0 spiro atoms. The predicted molar refractivity (Wildman–Crippen MR) is 75.3 cm³/mol. The molecule has 1 fully saturated rings. The van der Waals surface area contributed by atoms with Crippen LogP contribution in [-0.2, 0) is 0 Å². The Hall–Kier alpha value is 0.270. The van der Waals surface area contributed by atoms with E-state index in [1.807, 2.05) is 0 Å². The van der Waals surface area contributed by atoms with Crippen molar-refractivity contribution in [1.29, 1.82) is 0 Å². The van der Waals surface area contributed by atoms with Gasteiger partial charge in [0.2, 0.25) is 0 Å². The molecular formula is C13H28N2S. The Morgan fingerprint density at radius 1 is 1.38 bits per heavy atom. The summed E-state index contributed by atoms with van der Waals surface area (Å²) in [5.41, 5.74) is 0.364. The summed E-state index contributed by atoms with van der Waals surface area (Å²) in [4.78, 5) is 2.28. The minimum atomic E-state index is 0.364. The maximum absolute atomic E-state index is 3.86. The SMILES string of the molecule is CN(C)CCC(NC1CCSC1)C(C)(C)C. The maximum Gasteiger partial charge on any atom is 0.0168 e. The Morgan fingerprint density at radius 3 is 2.50 bits per heavy atom. The van der Waals surface area contributed by atoms with E-state index in [-0.39, 0.29) is 0 Å². The van der Waals surface area contributed by atoms with Gasteiger partial charge in [-0.1, -0.05) is 20.8 Å². The van der Waals surface area contributed by atoms with Gasteiger partial charge in [-0.3, -0.25) is 0 Å². The summed E-state index contributed by atoms with van der Waals surface area (Å²) in [5.74, 6) is 2.64. The van der Waals surface area contributed by atoms with Crippen LogP contribution in [0.15, 0.2) is 0 Å². The van der Waals surface area contributed by atoms with Gasteiger partial charge < -0.3 is 10.2 Å². The third-order valence-corrected chi connectivity index (χ3v) is 4.44.